The minimum absolute atomic E-state index is 0.610. The summed E-state index contributed by atoms with van der Waals surface area (Å²) < 4.78 is 0. The maximum Gasteiger partial charge on any atom is 0.0855 e. The van der Waals surface area contributed by atoms with E-state index in [1.54, 1.807) is 0 Å². The molecule has 0 spiro atoms. The molecule has 0 bridgehead atoms. The van der Waals surface area contributed by atoms with E-state index >= 15 is 0 Å². The highest BCUT2D eigenvalue weighted by molar-refractivity contribution is 5.04. The number of H-pyrrole nitrogens is 1. The monoisotopic (exact) mass is 137 g/mol. The molecule has 1 aliphatic carbocycles. The lowest BCUT2D eigenvalue weighted by Gasteiger charge is -2.02. The zero-order valence-electron chi connectivity index (χ0n) is 6.04. The van der Waals surface area contributed by atoms with Crippen molar-refractivity contribution in [2.75, 3.05) is 0 Å². The standard InChI is InChI=1S/C7H11N3/c1-5(6-2-3-6)7-4-8-10-9-7/h4-6H,2-3H2,1H3,(H,8,9,10). The molecule has 1 aromatic rings. The highest BCUT2D eigenvalue weighted by Crippen LogP contribution is 2.41. The first-order valence-electron chi connectivity index (χ1n) is 3.74. The zero-order valence-corrected chi connectivity index (χ0v) is 6.04. The van der Waals surface area contributed by atoms with Gasteiger partial charge in [0.1, 0.15) is 0 Å². The lowest BCUT2D eigenvalue weighted by atomic mass is 10.0. The van der Waals surface area contributed by atoms with E-state index in [4.69, 9.17) is 0 Å². The van der Waals surface area contributed by atoms with Crippen LogP contribution in [0.5, 0.6) is 0 Å². The first kappa shape index (κ1) is 5.89. The molecule has 0 saturated heterocycles. The van der Waals surface area contributed by atoms with E-state index in [2.05, 4.69) is 22.3 Å². The van der Waals surface area contributed by atoms with Gasteiger partial charge in [-0.15, -0.1) is 5.10 Å². The van der Waals surface area contributed by atoms with Gasteiger partial charge in [-0.2, -0.15) is 0 Å². The Balaban J connectivity index is 2.11. The summed E-state index contributed by atoms with van der Waals surface area (Å²) in [6.45, 7) is 2.22. The average molecular weight is 137 g/mol. The van der Waals surface area contributed by atoms with Crippen LogP contribution in [0, 0.1) is 5.92 Å². The summed E-state index contributed by atoms with van der Waals surface area (Å²) in [4.78, 5) is 0. The van der Waals surface area contributed by atoms with Crippen molar-refractivity contribution in [2.45, 2.75) is 25.7 Å². The molecule has 1 heterocycles. The Morgan fingerprint density at radius 2 is 2.50 bits per heavy atom. The maximum atomic E-state index is 3.97. The second-order valence-corrected chi connectivity index (χ2v) is 3.02. The van der Waals surface area contributed by atoms with Gasteiger partial charge < -0.3 is 0 Å². The van der Waals surface area contributed by atoms with Crippen molar-refractivity contribution in [2.24, 2.45) is 5.92 Å². The van der Waals surface area contributed by atoms with Crippen molar-refractivity contribution in [3.63, 3.8) is 0 Å². The molecule has 1 atom stereocenters. The fraction of sp³-hybridized carbons (Fsp3) is 0.714. The molecule has 0 aromatic carbocycles. The van der Waals surface area contributed by atoms with Crippen molar-refractivity contribution in [3.8, 4) is 0 Å². The number of hydrogen-bond donors (Lipinski definition) is 1. The molecule has 1 saturated carbocycles. The van der Waals surface area contributed by atoms with Gasteiger partial charge in [0.15, 0.2) is 0 Å². The summed E-state index contributed by atoms with van der Waals surface area (Å²) in [5.41, 5.74) is 1.11. The minimum atomic E-state index is 0.610. The predicted octanol–water partition coefficient (Wildman–Crippen LogP) is 1.32. The number of nitrogens with one attached hydrogen (secondary N) is 1. The van der Waals surface area contributed by atoms with Crippen LogP contribution in [0.2, 0.25) is 0 Å². The molecule has 0 aliphatic heterocycles. The third kappa shape index (κ3) is 0.916. The summed E-state index contributed by atoms with van der Waals surface area (Å²) >= 11 is 0. The van der Waals surface area contributed by atoms with Crippen LogP contribution >= 0.6 is 0 Å². The second-order valence-electron chi connectivity index (χ2n) is 3.02. The van der Waals surface area contributed by atoms with E-state index in [9.17, 15) is 0 Å². The number of rotatable bonds is 2. The molecule has 1 N–H and O–H groups in total. The van der Waals surface area contributed by atoms with Gasteiger partial charge in [-0.25, -0.2) is 0 Å². The van der Waals surface area contributed by atoms with E-state index in [0.29, 0.717) is 5.92 Å². The largest absolute Gasteiger partial charge is 0.265 e. The summed E-state index contributed by atoms with van der Waals surface area (Å²) in [6, 6.07) is 0. The number of aromatic amines is 1. The first-order valence-corrected chi connectivity index (χ1v) is 3.74. The van der Waals surface area contributed by atoms with Crippen LogP contribution in [0.4, 0.5) is 0 Å². The summed E-state index contributed by atoms with van der Waals surface area (Å²) in [5, 5.41) is 10.4. The van der Waals surface area contributed by atoms with Gasteiger partial charge >= 0.3 is 0 Å². The molecule has 0 amide bonds. The van der Waals surface area contributed by atoms with E-state index in [1.165, 1.54) is 12.8 Å². The zero-order chi connectivity index (χ0) is 6.97. The quantitative estimate of drug-likeness (QED) is 0.667. The Kier molecular flexibility index (Phi) is 1.22. The predicted molar refractivity (Wildman–Crippen MR) is 37.5 cm³/mol. The van der Waals surface area contributed by atoms with Crippen molar-refractivity contribution in [1.29, 1.82) is 0 Å². The third-order valence-corrected chi connectivity index (χ3v) is 2.23. The molecule has 10 heavy (non-hydrogen) atoms. The van der Waals surface area contributed by atoms with Crippen LogP contribution < -0.4 is 0 Å². The maximum absolute atomic E-state index is 3.97. The van der Waals surface area contributed by atoms with E-state index < -0.39 is 0 Å². The average Bonchev–Trinajstić information content (AvgIpc) is 2.65. The smallest absolute Gasteiger partial charge is 0.0855 e. The van der Waals surface area contributed by atoms with Gasteiger partial charge in [0, 0.05) is 12.1 Å². The highest BCUT2D eigenvalue weighted by atomic mass is 15.3. The number of aromatic nitrogens is 3. The van der Waals surface area contributed by atoms with Gasteiger partial charge in [-0.05, 0) is 18.8 Å². The topological polar surface area (TPSA) is 41.6 Å². The lowest BCUT2D eigenvalue weighted by Crippen LogP contribution is -1.95. The molecule has 1 fully saturated rings. The summed E-state index contributed by atoms with van der Waals surface area (Å²) in [7, 11) is 0. The van der Waals surface area contributed by atoms with Crippen molar-refractivity contribution in [3.05, 3.63) is 11.9 Å². The number of nitrogens with zero attached hydrogens (tertiary/aromatic N) is 2. The Morgan fingerprint density at radius 1 is 1.70 bits per heavy atom. The Labute approximate surface area is 59.8 Å². The van der Waals surface area contributed by atoms with Crippen LogP contribution in [0.3, 0.4) is 0 Å². The van der Waals surface area contributed by atoms with Crippen LogP contribution in [0.15, 0.2) is 6.20 Å². The molecule has 3 nitrogen and oxygen atoms in total. The molecule has 1 aromatic heterocycles. The van der Waals surface area contributed by atoms with Crippen LogP contribution in [-0.2, 0) is 0 Å². The van der Waals surface area contributed by atoms with Crippen molar-refractivity contribution >= 4 is 0 Å². The molecule has 3 heteroatoms. The molecule has 1 aliphatic rings. The summed E-state index contributed by atoms with van der Waals surface area (Å²) in [6.07, 6.45) is 4.63. The van der Waals surface area contributed by atoms with E-state index in [1.807, 2.05) is 6.20 Å². The van der Waals surface area contributed by atoms with Crippen LogP contribution in [-0.4, -0.2) is 15.4 Å². The first-order chi connectivity index (χ1) is 4.88. The normalized spacial score (nSPS) is 20.9. The Morgan fingerprint density at radius 3 is 3.00 bits per heavy atom. The minimum Gasteiger partial charge on any atom is -0.265 e. The van der Waals surface area contributed by atoms with E-state index in [0.717, 1.165) is 11.6 Å². The van der Waals surface area contributed by atoms with Gasteiger partial charge in [0.05, 0.1) is 5.69 Å². The van der Waals surface area contributed by atoms with E-state index in [-0.39, 0.29) is 0 Å². The van der Waals surface area contributed by atoms with Gasteiger partial charge in [-0.1, -0.05) is 12.1 Å². The molecular weight excluding hydrogens is 126 g/mol. The van der Waals surface area contributed by atoms with Gasteiger partial charge in [0.2, 0.25) is 0 Å². The van der Waals surface area contributed by atoms with Crippen LogP contribution in [0.1, 0.15) is 31.4 Å². The van der Waals surface area contributed by atoms with Gasteiger partial charge in [-0.3, -0.25) is 5.10 Å². The van der Waals surface area contributed by atoms with Crippen molar-refractivity contribution in [1.82, 2.24) is 15.4 Å². The van der Waals surface area contributed by atoms with Crippen molar-refractivity contribution < 1.29 is 0 Å². The molecule has 0 radical (unpaired) electrons. The Hall–Kier alpha value is -0.860. The summed E-state index contributed by atoms with van der Waals surface area (Å²) in [5.74, 6) is 1.49. The SMILES string of the molecule is CC(c1c[nH]nn1)C1CC1. The van der Waals surface area contributed by atoms with Crippen LogP contribution in [0.25, 0.3) is 0 Å². The fourth-order valence-corrected chi connectivity index (χ4v) is 1.27. The molecular formula is C7H11N3. The Bertz CT molecular complexity index is 201. The number of hydrogen-bond acceptors (Lipinski definition) is 2. The van der Waals surface area contributed by atoms with Gasteiger partial charge in [0.25, 0.3) is 0 Å². The highest BCUT2D eigenvalue weighted by Gasteiger charge is 2.30. The second kappa shape index (κ2) is 2.08. The molecule has 2 rings (SSSR count). The lowest BCUT2D eigenvalue weighted by molar-refractivity contribution is 0.641. The fourth-order valence-electron chi connectivity index (χ4n) is 1.27. The molecule has 1 unspecified atom stereocenters. The third-order valence-electron chi connectivity index (χ3n) is 2.23. The molecule has 54 valence electrons.